The number of aromatic nitrogens is 3. The van der Waals surface area contributed by atoms with E-state index in [1.165, 1.54) is 96.3 Å². The van der Waals surface area contributed by atoms with Crippen molar-refractivity contribution in [1.82, 2.24) is 13.7 Å². The molecule has 1 heterocycles. The van der Waals surface area contributed by atoms with E-state index in [2.05, 4.69) is 20.8 Å². The van der Waals surface area contributed by atoms with Gasteiger partial charge in [0.15, 0.2) is 0 Å². The Labute approximate surface area is 343 Å². The summed E-state index contributed by atoms with van der Waals surface area (Å²) in [6.45, 7) is 5.20. The van der Waals surface area contributed by atoms with E-state index < -0.39 is 35.0 Å². The Morgan fingerprint density at radius 2 is 0.526 bits per heavy atom. The second-order valence-corrected chi connectivity index (χ2v) is 15.7. The number of rotatable bonds is 39. The van der Waals surface area contributed by atoms with Gasteiger partial charge >= 0.3 is 35.0 Å². The van der Waals surface area contributed by atoms with Gasteiger partial charge in [0.1, 0.15) is 19.8 Å². The molecule has 0 aliphatic heterocycles. The lowest BCUT2D eigenvalue weighted by atomic mass is 10.1. The van der Waals surface area contributed by atoms with Crippen LogP contribution >= 0.6 is 0 Å². The van der Waals surface area contributed by atoms with Crippen molar-refractivity contribution in [3.63, 3.8) is 0 Å². The second kappa shape index (κ2) is 35.9. The number of hydrogen-bond donors (Lipinski definition) is 0. The highest BCUT2D eigenvalue weighted by molar-refractivity contribution is 5.69. The van der Waals surface area contributed by atoms with Crippen LogP contribution in [0.5, 0.6) is 0 Å². The number of ether oxygens (including phenoxy) is 3. The molecule has 0 aliphatic carbocycles. The minimum absolute atomic E-state index is 0.217. The lowest BCUT2D eigenvalue weighted by molar-refractivity contribution is -0.144. The minimum atomic E-state index is -0.881. The molecule has 57 heavy (non-hydrogen) atoms. The molecule has 0 saturated heterocycles. The number of hydrogen-bond acceptors (Lipinski definition) is 9. The van der Waals surface area contributed by atoms with Crippen molar-refractivity contribution in [3.05, 3.63) is 31.5 Å². The summed E-state index contributed by atoms with van der Waals surface area (Å²) in [5.41, 5.74) is -2.64. The van der Waals surface area contributed by atoms with Crippen molar-refractivity contribution in [1.29, 1.82) is 0 Å². The summed E-state index contributed by atoms with van der Waals surface area (Å²) >= 11 is 0. The van der Waals surface area contributed by atoms with Gasteiger partial charge in [0.2, 0.25) is 0 Å². The Morgan fingerprint density at radius 3 is 0.737 bits per heavy atom. The highest BCUT2D eigenvalue weighted by Gasteiger charge is 2.17. The van der Waals surface area contributed by atoms with Crippen molar-refractivity contribution >= 4 is 17.9 Å². The first-order valence-corrected chi connectivity index (χ1v) is 23.2. The van der Waals surface area contributed by atoms with E-state index >= 15 is 0 Å². The maximum atomic E-state index is 13.4. The highest BCUT2D eigenvalue weighted by atomic mass is 16.5. The van der Waals surface area contributed by atoms with E-state index in [1.54, 1.807) is 0 Å². The molecule has 12 heteroatoms. The van der Waals surface area contributed by atoms with E-state index in [4.69, 9.17) is 14.2 Å². The van der Waals surface area contributed by atoms with Crippen LogP contribution in [0.25, 0.3) is 0 Å². The molecule has 0 atom stereocenters. The van der Waals surface area contributed by atoms with Gasteiger partial charge < -0.3 is 14.2 Å². The minimum Gasteiger partial charge on any atom is -0.464 e. The first-order chi connectivity index (χ1) is 27.8. The molecule has 0 unspecified atom stereocenters. The summed E-state index contributed by atoms with van der Waals surface area (Å²) in [6, 6.07) is 0. The predicted octanol–water partition coefficient (Wildman–Crippen LogP) is 9.56. The van der Waals surface area contributed by atoms with Gasteiger partial charge in [-0.2, -0.15) is 0 Å². The van der Waals surface area contributed by atoms with Crippen LogP contribution in [0.4, 0.5) is 0 Å². The lowest BCUT2D eigenvalue weighted by Crippen LogP contribution is -2.55. The molecule has 12 nitrogen and oxygen atoms in total. The van der Waals surface area contributed by atoms with Crippen LogP contribution in [0.3, 0.4) is 0 Å². The first kappa shape index (κ1) is 51.8. The van der Waals surface area contributed by atoms with Crippen molar-refractivity contribution in [2.45, 2.75) is 233 Å². The molecule has 0 N–H and O–H groups in total. The van der Waals surface area contributed by atoms with Gasteiger partial charge in [-0.15, -0.1) is 0 Å². The molecular weight excluding hydrogens is 727 g/mol. The zero-order valence-electron chi connectivity index (χ0n) is 36.5. The normalized spacial score (nSPS) is 11.2. The smallest absolute Gasteiger partial charge is 0.336 e. The Hall–Kier alpha value is -3.18. The molecular formula is C45H81N3O9. The molecule has 0 amide bonds. The average Bonchev–Trinajstić information content (AvgIpc) is 3.19. The van der Waals surface area contributed by atoms with E-state index in [0.717, 1.165) is 71.5 Å². The highest BCUT2D eigenvalue weighted by Crippen LogP contribution is 2.13. The Balaban J connectivity index is 2.73. The SMILES string of the molecule is CCCCCCCCCCCC(=O)OCCn1c(=O)n(CCOC(=O)CCCCCCCCCCC)c(=O)n(CCOC(=O)CCCCCCCCCCC)c1=O. The standard InChI is InChI=1S/C45H81N3O9/c1-4-7-10-13-16-19-22-25-28-31-40(49)55-37-34-46-43(52)47(35-38-56-41(50)32-29-26-23-20-17-14-11-8-5-2)45(54)48(44(46)53)36-39-57-42(51)33-30-27-24-21-18-15-12-9-6-3/h4-39H2,1-3H3. The zero-order valence-corrected chi connectivity index (χ0v) is 36.5. The second-order valence-electron chi connectivity index (χ2n) is 15.7. The van der Waals surface area contributed by atoms with Crippen LogP contribution in [0, 0.1) is 0 Å². The molecule has 330 valence electrons. The molecule has 0 spiro atoms. The van der Waals surface area contributed by atoms with Crippen LogP contribution in [0.2, 0.25) is 0 Å². The molecule has 0 aliphatic rings. The van der Waals surface area contributed by atoms with Gasteiger partial charge in [0, 0.05) is 19.3 Å². The Morgan fingerprint density at radius 1 is 0.333 bits per heavy atom. The van der Waals surface area contributed by atoms with Gasteiger partial charge in [0.25, 0.3) is 0 Å². The molecule has 0 bridgehead atoms. The maximum Gasteiger partial charge on any atom is 0.336 e. The van der Waals surface area contributed by atoms with E-state index in [9.17, 15) is 28.8 Å². The van der Waals surface area contributed by atoms with Gasteiger partial charge in [-0.3, -0.25) is 14.4 Å². The number of carbonyl (C=O) groups is 3. The summed E-state index contributed by atoms with van der Waals surface area (Å²) in [5, 5.41) is 0. The fourth-order valence-corrected chi connectivity index (χ4v) is 6.97. The van der Waals surface area contributed by atoms with Crippen molar-refractivity contribution in [2.24, 2.45) is 0 Å². The van der Waals surface area contributed by atoms with Crippen molar-refractivity contribution in [2.75, 3.05) is 19.8 Å². The van der Waals surface area contributed by atoms with Crippen molar-refractivity contribution in [3.8, 4) is 0 Å². The maximum absolute atomic E-state index is 13.4. The van der Waals surface area contributed by atoms with E-state index in [0.29, 0.717) is 19.3 Å². The molecule has 0 aromatic carbocycles. The molecule has 0 radical (unpaired) electrons. The van der Waals surface area contributed by atoms with Gasteiger partial charge in [0.05, 0.1) is 19.6 Å². The summed E-state index contributed by atoms with van der Waals surface area (Å²) in [7, 11) is 0. The van der Waals surface area contributed by atoms with Crippen LogP contribution in [-0.2, 0) is 48.2 Å². The fourth-order valence-electron chi connectivity index (χ4n) is 6.97. The quantitative estimate of drug-likeness (QED) is 0.0361. The lowest BCUT2D eigenvalue weighted by Gasteiger charge is -2.14. The largest absolute Gasteiger partial charge is 0.464 e. The van der Waals surface area contributed by atoms with Crippen molar-refractivity contribution < 1.29 is 28.6 Å². The Kier molecular flexibility index (Phi) is 32.7. The first-order valence-electron chi connectivity index (χ1n) is 23.2. The molecule has 0 saturated carbocycles. The van der Waals surface area contributed by atoms with E-state index in [1.807, 2.05) is 0 Å². The van der Waals surface area contributed by atoms with Gasteiger partial charge in [-0.05, 0) is 19.3 Å². The van der Waals surface area contributed by atoms with Crippen LogP contribution in [-0.4, -0.2) is 51.4 Å². The van der Waals surface area contributed by atoms with Crippen LogP contribution < -0.4 is 17.1 Å². The summed E-state index contributed by atoms with van der Waals surface area (Å²) < 4.78 is 18.6. The third-order valence-electron chi connectivity index (χ3n) is 10.6. The number of unbranched alkanes of at least 4 members (excludes halogenated alkanes) is 24. The average molecular weight is 808 g/mol. The summed E-state index contributed by atoms with van der Waals surface area (Å²) in [5.74, 6) is -1.22. The zero-order chi connectivity index (χ0) is 41.8. The monoisotopic (exact) mass is 808 g/mol. The third kappa shape index (κ3) is 26.4. The predicted molar refractivity (Wildman–Crippen MR) is 228 cm³/mol. The number of esters is 3. The molecule has 1 aromatic rings. The number of carbonyl (C=O) groups excluding carboxylic acids is 3. The Bertz CT molecular complexity index is 1170. The third-order valence-corrected chi connectivity index (χ3v) is 10.6. The topological polar surface area (TPSA) is 145 Å². The summed E-state index contributed by atoms with van der Waals surface area (Å²) in [6.07, 6.45) is 31.1. The van der Waals surface area contributed by atoms with Crippen LogP contribution in [0.15, 0.2) is 14.4 Å². The summed E-state index contributed by atoms with van der Waals surface area (Å²) in [4.78, 5) is 77.5. The molecule has 1 rings (SSSR count). The fraction of sp³-hybridized carbons (Fsp3) is 0.867. The molecule has 1 aromatic heterocycles. The molecule has 0 fully saturated rings. The van der Waals surface area contributed by atoms with E-state index in [-0.39, 0.29) is 58.7 Å². The number of nitrogens with zero attached hydrogens (tertiary/aromatic N) is 3. The van der Waals surface area contributed by atoms with Gasteiger partial charge in [-0.25, -0.2) is 28.1 Å². The van der Waals surface area contributed by atoms with Crippen LogP contribution in [0.1, 0.15) is 213 Å². The van der Waals surface area contributed by atoms with Gasteiger partial charge in [-0.1, -0.05) is 175 Å².